The van der Waals surface area contributed by atoms with Gasteiger partial charge < -0.3 is 5.32 Å². The van der Waals surface area contributed by atoms with Crippen molar-refractivity contribution in [3.05, 3.63) is 74.6 Å². The summed E-state index contributed by atoms with van der Waals surface area (Å²) in [7, 11) is 0. The number of benzene rings is 2. The maximum Gasteiger partial charge on any atom is 0.272 e. The number of halogens is 1. The van der Waals surface area contributed by atoms with Crippen molar-refractivity contribution in [1.29, 1.82) is 0 Å². The van der Waals surface area contributed by atoms with Gasteiger partial charge in [0.15, 0.2) is 0 Å². The number of aromatic amines is 2. The van der Waals surface area contributed by atoms with Crippen LogP contribution < -0.4 is 16.4 Å². The lowest BCUT2D eigenvalue weighted by Crippen LogP contribution is -2.22. The zero-order chi connectivity index (χ0) is 16.4. The Morgan fingerprint density at radius 1 is 1.00 bits per heavy atom. The first-order valence-corrected chi connectivity index (χ1v) is 6.83. The van der Waals surface area contributed by atoms with Crippen molar-refractivity contribution >= 4 is 22.4 Å². The highest BCUT2D eigenvalue weighted by atomic mass is 19.1. The van der Waals surface area contributed by atoms with E-state index < -0.39 is 22.8 Å². The lowest BCUT2D eigenvalue weighted by molar-refractivity contribution is -0.115. The molecule has 0 saturated carbocycles. The van der Waals surface area contributed by atoms with Crippen molar-refractivity contribution in [2.24, 2.45) is 0 Å². The topological polar surface area (TPSA) is 94.8 Å². The van der Waals surface area contributed by atoms with Crippen molar-refractivity contribution in [2.75, 3.05) is 5.32 Å². The monoisotopic (exact) mass is 313 g/mol. The number of rotatable bonds is 3. The lowest BCUT2D eigenvalue weighted by atomic mass is 10.1. The molecular weight excluding hydrogens is 301 g/mol. The van der Waals surface area contributed by atoms with E-state index in [1.807, 2.05) is 0 Å². The van der Waals surface area contributed by atoms with Gasteiger partial charge in [0, 0.05) is 0 Å². The molecule has 0 aliphatic carbocycles. The summed E-state index contributed by atoms with van der Waals surface area (Å²) in [5.74, 6) is -0.961. The second-order valence-electron chi connectivity index (χ2n) is 4.95. The van der Waals surface area contributed by atoms with Gasteiger partial charge in [-0.05, 0) is 23.8 Å². The van der Waals surface area contributed by atoms with Crippen LogP contribution in [0.1, 0.15) is 5.56 Å². The highest BCUT2D eigenvalue weighted by molar-refractivity contribution is 6.01. The molecule has 116 valence electrons. The van der Waals surface area contributed by atoms with E-state index >= 15 is 0 Å². The molecular formula is C16H12FN3O3. The molecule has 0 fully saturated rings. The van der Waals surface area contributed by atoms with Crippen LogP contribution in [0.3, 0.4) is 0 Å². The number of hydrogen-bond donors (Lipinski definition) is 3. The number of nitrogens with one attached hydrogen (secondary N) is 3. The number of carbonyl (C=O) groups excluding carboxylic acids is 1. The van der Waals surface area contributed by atoms with Crippen molar-refractivity contribution in [3.8, 4) is 0 Å². The molecule has 1 aromatic heterocycles. The summed E-state index contributed by atoms with van der Waals surface area (Å²) in [4.78, 5) is 35.7. The number of aromatic nitrogens is 2. The van der Waals surface area contributed by atoms with Crippen LogP contribution in [-0.4, -0.2) is 16.1 Å². The van der Waals surface area contributed by atoms with Crippen LogP contribution in [0, 0.1) is 5.82 Å². The molecule has 1 amide bonds. The Balaban J connectivity index is 1.95. The smallest absolute Gasteiger partial charge is 0.272 e. The summed E-state index contributed by atoms with van der Waals surface area (Å²) < 4.78 is 13.6. The van der Waals surface area contributed by atoms with Gasteiger partial charge in [0.2, 0.25) is 5.91 Å². The molecule has 0 aliphatic rings. The van der Waals surface area contributed by atoms with Gasteiger partial charge >= 0.3 is 0 Å². The molecule has 3 aromatic rings. The van der Waals surface area contributed by atoms with E-state index in [1.165, 1.54) is 30.3 Å². The molecule has 1 heterocycles. The number of anilines is 1. The standard InChI is InChI=1S/C16H12FN3O3/c17-11-6-2-1-4-9(11)8-13(21)18-12-7-3-5-10-14(12)16(23)20-19-15(10)22/h1-7H,8H2,(H,18,21)(H,19,22)(H,20,23). The molecule has 6 nitrogen and oxygen atoms in total. The van der Waals surface area contributed by atoms with E-state index in [0.717, 1.165) is 0 Å². The average molecular weight is 313 g/mol. The van der Waals surface area contributed by atoms with Crippen molar-refractivity contribution in [1.82, 2.24) is 10.2 Å². The zero-order valence-electron chi connectivity index (χ0n) is 11.9. The van der Waals surface area contributed by atoms with Gasteiger partial charge in [-0.2, -0.15) is 0 Å². The minimum absolute atomic E-state index is 0.0816. The van der Waals surface area contributed by atoms with Crippen molar-refractivity contribution in [3.63, 3.8) is 0 Å². The maximum atomic E-state index is 13.6. The Morgan fingerprint density at radius 3 is 2.52 bits per heavy atom. The predicted molar refractivity (Wildman–Crippen MR) is 83.9 cm³/mol. The molecule has 0 atom stereocenters. The first-order valence-electron chi connectivity index (χ1n) is 6.83. The lowest BCUT2D eigenvalue weighted by Gasteiger charge is -2.08. The second kappa shape index (κ2) is 5.88. The highest BCUT2D eigenvalue weighted by Gasteiger charge is 2.12. The Morgan fingerprint density at radius 2 is 1.74 bits per heavy atom. The Labute approximate surface area is 129 Å². The van der Waals surface area contributed by atoms with Gasteiger partial charge in [-0.15, -0.1) is 0 Å². The van der Waals surface area contributed by atoms with Gasteiger partial charge in [-0.3, -0.25) is 24.6 Å². The second-order valence-corrected chi connectivity index (χ2v) is 4.95. The van der Waals surface area contributed by atoms with Crippen molar-refractivity contribution in [2.45, 2.75) is 6.42 Å². The zero-order valence-corrected chi connectivity index (χ0v) is 11.9. The van der Waals surface area contributed by atoms with Crippen LogP contribution in [-0.2, 0) is 11.2 Å². The fourth-order valence-corrected chi connectivity index (χ4v) is 2.34. The van der Waals surface area contributed by atoms with Crippen molar-refractivity contribution < 1.29 is 9.18 Å². The minimum Gasteiger partial charge on any atom is -0.325 e. The summed E-state index contributed by atoms with van der Waals surface area (Å²) in [6.07, 6.45) is -0.176. The molecule has 0 unspecified atom stereocenters. The Kier molecular flexibility index (Phi) is 3.76. The number of fused-ring (bicyclic) bond motifs is 1. The van der Waals surface area contributed by atoms with Crippen LogP contribution in [0.5, 0.6) is 0 Å². The predicted octanol–water partition coefficient (Wildman–Crippen LogP) is 1.54. The SMILES string of the molecule is O=C(Cc1ccccc1F)Nc1cccc2c(=O)[nH][nH]c(=O)c12. The fraction of sp³-hybridized carbons (Fsp3) is 0.0625. The molecule has 0 aliphatic heterocycles. The third kappa shape index (κ3) is 2.89. The Bertz CT molecular complexity index is 1010. The summed E-state index contributed by atoms with van der Waals surface area (Å²) in [5.41, 5.74) is -0.542. The van der Waals surface area contributed by atoms with Crippen LogP contribution >= 0.6 is 0 Å². The Hall–Kier alpha value is -3.22. The van der Waals surface area contributed by atoms with Crippen LogP contribution in [0.25, 0.3) is 10.8 Å². The van der Waals surface area contributed by atoms with Gasteiger partial charge in [0.25, 0.3) is 11.1 Å². The fourth-order valence-electron chi connectivity index (χ4n) is 2.34. The number of hydrogen-bond acceptors (Lipinski definition) is 3. The van der Waals surface area contributed by atoms with E-state index in [4.69, 9.17) is 0 Å². The number of carbonyl (C=O) groups is 1. The first kappa shape index (κ1) is 14.7. The van der Waals surface area contributed by atoms with Crippen LogP contribution in [0.2, 0.25) is 0 Å². The normalized spacial score (nSPS) is 10.7. The van der Waals surface area contributed by atoms with Gasteiger partial charge in [-0.25, -0.2) is 4.39 Å². The quantitative estimate of drug-likeness (QED) is 0.684. The highest BCUT2D eigenvalue weighted by Crippen LogP contribution is 2.17. The molecule has 7 heteroatoms. The van der Waals surface area contributed by atoms with E-state index in [-0.39, 0.29) is 28.4 Å². The molecule has 2 aromatic carbocycles. The average Bonchev–Trinajstić information content (AvgIpc) is 2.53. The third-order valence-electron chi connectivity index (χ3n) is 3.41. The maximum absolute atomic E-state index is 13.6. The first-order chi connectivity index (χ1) is 11.1. The molecule has 3 rings (SSSR count). The molecule has 23 heavy (non-hydrogen) atoms. The van der Waals surface area contributed by atoms with E-state index in [1.54, 1.807) is 12.1 Å². The number of amides is 1. The molecule has 0 spiro atoms. The summed E-state index contributed by atoms with van der Waals surface area (Å²) in [6.45, 7) is 0. The van der Waals surface area contributed by atoms with Crippen LogP contribution in [0.4, 0.5) is 10.1 Å². The third-order valence-corrected chi connectivity index (χ3v) is 3.41. The molecule has 0 bridgehead atoms. The molecule has 3 N–H and O–H groups in total. The van der Waals surface area contributed by atoms with E-state index in [0.29, 0.717) is 0 Å². The van der Waals surface area contributed by atoms with Gasteiger partial charge in [0.05, 0.1) is 22.9 Å². The van der Waals surface area contributed by atoms with Gasteiger partial charge in [0.1, 0.15) is 5.82 Å². The summed E-state index contributed by atoms with van der Waals surface area (Å²) >= 11 is 0. The largest absolute Gasteiger partial charge is 0.325 e. The van der Waals surface area contributed by atoms with E-state index in [2.05, 4.69) is 15.5 Å². The number of H-pyrrole nitrogens is 2. The van der Waals surface area contributed by atoms with E-state index in [9.17, 15) is 18.8 Å². The van der Waals surface area contributed by atoms with Gasteiger partial charge in [-0.1, -0.05) is 24.3 Å². The van der Waals surface area contributed by atoms with Crippen LogP contribution in [0.15, 0.2) is 52.1 Å². The minimum atomic E-state index is -0.526. The summed E-state index contributed by atoms with van der Waals surface area (Å²) in [5, 5.41) is 7.22. The molecule has 0 saturated heterocycles. The molecule has 0 radical (unpaired) electrons. The summed E-state index contributed by atoms with van der Waals surface area (Å²) in [6, 6.07) is 10.5.